The number of benzene rings is 1. The molecular formula is C20H28Cl2SiTi. The molecule has 0 spiro atoms. The largest absolute Gasteiger partial charge is 0.168 e. The molecule has 1 unspecified atom stereocenters. The summed E-state index contributed by atoms with van der Waals surface area (Å²) >= 11 is 2.27. The van der Waals surface area contributed by atoms with Crippen molar-refractivity contribution < 1.29 is 19.2 Å². The van der Waals surface area contributed by atoms with Crippen LogP contribution >= 0.6 is 24.8 Å². The molecule has 0 radical (unpaired) electrons. The number of allylic oxidation sites excluding steroid dienone is 4. The van der Waals surface area contributed by atoms with Gasteiger partial charge in [0.25, 0.3) is 0 Å². The van der Waals surface area contributed by atoms with Crippen LogP contribution in [0.5, 0.6) is 0 Å². The first-order valence-electron chi connectivity index (χ1n) is 7.73. The molecule has 0 saturated heterocycles. The van der Waals surface area contributed by atoms with Crippen LogP contribution in [0, 0.1) is 12.0 Å². The fraction of sp³-hybridized carbons (Fsp3) is 0.350. The van der Waals surface area contributed by atoms with Gasteiger partial charge in [0.05, 0.1) is 0 Å². The van der Waals surface area contributed by atoms with E-state index in [1.54, 1.807) is 0 Å². The number of fused-ring (bicyclic) bond motifs is 1. The molecule has 0 amide bonds. The van der Waals surface area contributed by atoms with Crippen molar-refractivity contribution in [3.8, 4) is 0 Å². The van der Waals surface area contributed by atoms with Gasteiger partial charge in [-0.3, -0.25) is 6.08 Å². The summed E-state index contributed by atoms with van der Waals surface area (Å²) < 4.78 is 0. The molecule has 0 aromatic heterocycles. The molecule has 0 saturated carbocycles. The quantitative estimate of drug-likeness (QED) is 0.324. The minimum absolute atomic E-state index is 0. The molecule has 4 heteroatoms. The average Bonchev–Trinajstić information content (AvgIpc) is 3.01. The van der Waals surface area contributed by atoms with Crippen molar-refractivity contribution in [1.29, 1.82) is 0 Å². The van der Waals surface area contributed by atoms with Crippen molar-refractivity contribution in [3.63, 3.8) is 0 Å². The first kappa shape index (κ1) is 26.1. The van der Waals surface area contributed by atoms with E-state index in [0.717, 1.165) is 0 Å². The van der Waals surface area contributed by atoms with E-state index in [9.17, 15) is 0 Å². The fourth-order valence-corrected chi connectivity index (χ4v) is 2.23. The van der Waals surface area contributed by atoms with Crippen LogP contribution in [0.1, 0.15) is 27.7 Å². The predicted octanol–water partition coefficient (Wildman–Crippen LogP) is 6.91. The van der Waals surface area contributed by atoms with Gasteiger partial charge in [0.1, 0.15) is 0 Å². The first-order chi connectivity index (χ1) is 10.3. The van der Waals surface area contributed by atoms with E-state index in [4.69, 9.17) is 0 Å². The first-order valence-corrected chi connectivity index (χ1v) is 12.6. The zero-order chi connectivity index (χ0) is 16.7. The van der Waals surface area contributed by atoms with E-state index in [-0.39, 0.29) is 31.0 Å². The summed E-state index contributed by atoms with van der Waals surface area (Å²) in [6.45, 7) is 13.2. The number of rotatable bonds is 0. The molecule has 0 nitrogen and oxygen atoms in total. The Morgan fingerprint density at radius 2 is 1.58 bits per heavy atom. The number of hydrogen-bond acceptors (Lipinski definition) is 0. The van der Waals surface area contributed by atoms with Gasteiger partial charge in [-0.15, -0.1) is 61.4 Å². The minimum Gasteiger partial charge on any atom is -0.168 e. The summed E-state index contributed by atoms with van der Waals surface area (Å²) in [5.74, 6) is 0.560. The Hall–Kier alpha value is -0.179. The molecular weight excluding hydrogens is 387 g/mol. The van der Waals surface area contributed by atoms with Gasteiger partial charge in [-0.25, -0.2) is 5.57 Å². The molecule has 0 N–H and O–H groups in total. The zero-order valence-corrected chi connectivity index (χ0v) is 19.6. The second-order valence-corrected chi connectivity index (χ2v) is 12.6. The Morgan fingerprint density at radius 3 is 1.96 bits per heavy atom. The third-order valence-corrected chi connectivity index (χ3v) is 3.78. The van der Waals surface area contributed by atoms with E-state index >= 15 is 0 Å². The Morgan fingerprint density at radius 1 is 1.04 bits per heavy atom. The maximum absolute atomic E-state index is 3.36. The van der Waals surface area contributed by atoms with E-state index < -0.39 is 0 Å². The summed E-state index contributed by atoms with van der Waals surface area (Å²) in [5, 5.41) is 2.66. The molecule has 2 aromatic rings. The molecule has 24 heavy (non-hydrogen) atoms. The van der Waals surface area contributed by atoms with Gasteiger partial charge in [-0.2, -0.15) is 28.7 Å². The fourth-order valence-electron chi connectivity index (χ4n) is 2.23. The molecule has 0 heterocycles. The molecule has 0 aliphatic heterocycles. The third-order valence-electron chi connectivity index (χ3n) is 3.78. The summed E-state index contributed by atoms with van der Waals surface area (Å²) in [6, 6.07) is 14.7. The third kappa shape index (κ3) is 8.78. The molecule has 0 bridgehead atoms. The van der Waals surface area contributed by atoms with Crippen LogP contribution in [0.3, 0.4) is 0 Å². The van der Waals surface area contributed by atoms with Gasteiger partial charge in [-0.05, 0) is 0 Å². The van der Waals surface area contributed by atoms with Crippen LogP contribution in [-0.4, -0.2) is 6.19 Å². The van der Waals surface area contributed by atoms with Gasteiger partial charge >= 0.3 is 38.5 Å². The van der Waals surface area contributed by atoms with Crippen LogP contribution in [0.15, 0.2) is 59.2 Å². The second kappa shape index (κ2) is 13.1. The SMILES string of the molecule is CC1=[C-]C(C)C(C)=C1C.C[Si](C)=[Ti+2].Cl.Cl.c1ccc2[cH-]ccc2c1. The van der Waals surface area contributed by atoms with E-state index in [1.165, 1.54) is 27.5 Å². The van der Waals surface area contributed by atoms with Crippen LogP contribution in [0.25, 0.3) is 10.8 Å². The van der Waals surface area contributed by atoms with Crippen molar-refractivity contribution in [2.45, 2.75) is 40.8 Å². The monoisotopic (exact) mass is 414 g/mol. The number of hydrogen-bond donors (Lipinski definition) is 0. The summed E-state index contributed by atoms with van der Waals surface area (Å²) in [4.78, 5) is 0. The zero-order valence-electron chi connectivity index (χ0n) is 15.4. The topological polar surface area (TPSA) is 0 Å². The summed E-state index contributed by atoms with van der Waals surface area (Å²) in [6.07, 6.45) is 3.48. The normalized spacial score (nSPS) is 15.2. The van der Waals surface area contributed by atoms with Crippen LogP contribution < -0.4 is 0 Å². The van der Waals surface area contributed by atoms with E-state index in [0.29, 0.717) is 5.92 Å². The van der Waals surface area contributed by atoms with Crippen molar-refractivity contribution >= 4 is 41.8 Å². The molecule has 0 fully saturated rings. The van der Waals surface area contributed by atoms with Gasteiger partial charge in [-0.1, -0.05) is 32.8 Å². The van der Waals surface area contributed by atoms with E-state index in [1.807, 2.05) is 0 Å². The van der Waals surface area contributed by atoms with Gasteiger partial charge < -0.3 is 0 Å². The van der Waals surface area contributed by atoms with Gasteiger partial charge in [0, 0.05) is 0 Å². The minimum atomic E-state index is 0. The Labute approximate surface area is 172 Å². The molecule has 1 aliphatic carbocycles. The number of halogens is 2. The second-order valence-electron chi connectivity index (χ2n) is 5.95. The van der Waals surface area contributed by atoms with Gasteiger partial charge in [0.15, 0.2) is 0 Å². The van der Waals surface area contributed by atoms with Crippen LogP contribution in [0.4, 0.5) is 0 Å². The van der Waals surface area contributed by atoms with Crippen molar-refractivity contribution in [2.24, 2.45) is 5.92 Å². The molecule has 3 rings (SSSR count). The Kier molecular flexibility index (Phi) is 14.2. The molecule has 130 valence electrons. The standard InChI is InChI=1S/C9H7.C9H13.C2H6Si.2ClH.Ti/c1-2-5-9-7-3-6-8(9)4-1;1-6-5-7(2)9(4)8(6)3;1-3-2;;;/h1-7H;6H,1-4H3;1-2H3;2*1H;/q2*-1;;;;+2. The average molecular weight is 415 g/mol. The Balaban J connectivity index is 0. The van der Waals surface area contributed by atoms with E-state index in [2.05, 4.69) is 109 Å². The smallest absolute Gasteiger partial charge is 0.0809 e. The summed E-state index contributed by atoms with van der Waals surface area (Å²) in [5.41, 5.74) is 4.25. The van der Waals surface area contributed by atoms with Crippen molar-refractivity contribution in [1.82, 2.24) is 0 Å². The molecule has 1 atom stereocenters. The van der Waals surface area contributed by atoms with Crippen LogP contribution in [-0.2, 0) is 19.2 Å². The van der Waals surface area contributed by atoms with Crippen molar-refractivity contribution in [3.05, 3.63) is 65.3 Å². The molecule has 1 aliphatic rings. The van der Waals surface area contributed by atoms with Gasteiger partial charge in [0.2, 0.25) is 0 Å². The predicted molar refractivity (Wildman–Crippen MR) is 111 cm³/mol. The maximum Gasteiger partial charge on any atom is -0.0809 e. The Bertz CT molecular complexity index is 664. The summed E-state index contributed by atoms with van der Waals surface area (Å²) in [7, 11) is 0. The van der Waals surface area contributed by atoms with Crippen molar-refractivity contribution in [2.75, 3.05) is 0 Å². The van der Waals surface area contributed by atoms with Crippen LogP contribution in [0.2, 0.25) is 13.1 Å². The maximum atomic E-state index is 3.36. The molecule has 2 aromatic carbocycles.